The molecule has 1 atom stereocenters. The highest BCUT2D eigenvalue weighted by Gasteiger charge is 2.45. The molecule has 1 fully saturated rings. The number of carbonyl (C=O) groups is 3. The van der Waals surface area contributed by atoms with Gasteiger partial charge in [-0.15, -0.1) is 0 Å². The largest absolute Gasteiger partial charge is 0.348 e. The van der Waals surface area contributed by atoms with Crippen molar-refractivity contribution >= 4 is 17.7 Å². The number of imide groups is 1. The first-order valence-electron chi connectivity index (χ1n) is 7.83. The van der Waals surface area contributed by atoms with E-state index in [0.29, 0.717) is 0 Å². The van der Waals surface area contributed by atoms with Crippen LogP contribution in [0.4, 0.5) is 0 Å². The Morgan fingerprint density at radius 3 is 2.43 bits per heavy atom. The van der Waals surface area contributed by atoms with E-state index in [1.54, 1.807) is 13.8 Å². The predicted molar refractivity (Wildman–Crippen MR) is 87.6 cm³/mol. The Balaban J connectivity index is 2.01. The number of nitrogens with zero attached hydrogens (tertiary/aromatic N) is 1. The SMILES string of the molecule is Cc1ccc([C@@H](C)NC(=O)CN2C(=O)CC(C)(C)C2=O)cc1C. The van der Waals surface area contributed by atoms with E-state index in [1.807, 2.05) is 39.0 Å². The van der Waals surface area contributed by atoms with E-state index in [4.69, 9.17) is 0 Å². The van der Waals surface area contributed by atoms with Crippen LogP contribution in [0.15, 0.2) is 18.2 Å². The molecule has 5 heteroatoms. The number of nitrogens with one attached hydrogen (secondary N) is 1. The summed E-state index contributed by atoms with van der Waals surface area (Å²) in [5.74, 6) is -0.888. The van der Waals surface area contributed by atoms with Crippen LogP contribution in [0.2, 0.25) is 0 Å². The van der Waals surface area contributed by atoms with Crippen molar-refractivity contribution in [2.24, 2.45) is 5.41 Å². The molecule has 1 heterocycles. The summed E-state index contributed by atoms with van der Waals surface area (Å²) in [6.07, 6.45) is 0.159. The van der Waals surface area contributed by atoms with Gasteiger partial charge in [-0.05, 0) is 37.5 Å². The number of hydrogen-bond acceptors (Lipinski definition) is 3. The van der Waals surface area contributed by atoms with Crippen molar-refractivity contribution in [2.75, 3.05) is 6.54 Å². The maximum Gasteiger partial charge on any atom is 0.240 e. The molecule has 1 aliphatic rings. The zero-order valence-corrected chi connectivity index (χ0v) is 14.4. The molecule has 0 radical (unpaired) electrons. The summed E-state index contributed by atoms with van der Waals surface area (Å²) >= 11 is 0. The Bertz CT molecular complexity index is 664. The molecule has 3 amide bonds. The first-order valence-corrected chi connectivity index (χ1v) is 7.83. The predicted octanol–water partition coefficient (Wildman–Crippen LogP) is 2.27. The van der Waals surface area contributed by atoms with Gasteiger partial charge in [-0.3, -0.25) is 19.3 Å². The first kappa shape index (κ1) is 17.2. The van der Waals surface area contributed by atoms with Crippen molar-refractivity contribution < 1.29 is 14.4 Å². The van der Waals surface area contributed by atoms with Gasteiger partial charge < -0.3 is 5.32 Å². The van der Waals surface area contributed by atoms with Gasteiger partial charge in [-0.2, -0.15) is 0 Å². The van der Waals surface area contributed by atoms with Crippen molar-refractivity contribution in [1.29, 1.82) is 0 Å². The standard InChI is InChI=1S/C18H24N2O3/c1-11-6-7-14(8-12(11)2)13(3)19-15(21)10-20-16(22)9-18(4,5)17(20)23/h6-8,13H,9-10H2,1-5H3,(H,19,21)/t13-/m1/s1. The van der Waals surface area contributed by atoms with Crippen molar-refractivity contribution in [3.05, 3.63) is 34.9 Å². The quantitative estimate of drug-likeness (QED) is 0.867. The number of aryl methyl sites for hydroxylation is 2. The second-order valence-corrected chi connectivity index (χ2v) is 6.98. The molecule has 124 valence electrons. The van der Waals surface area contributed by atoms with Gasteiger partial charge in [0, 0.05) is 6.42 Å². The molecule has 23 heavy (non-hydrogen) atoms. The van der Waals surface area contributed by atoms with Crippen LogP contribution < -0.4 is 5.32 Å². The number of benzene rings is 1. The van der Waals surface area contributed by atoms with Gasteiger partial charge in [0.05, 0.1) is 11.5 Å². The molecule has 1 aromatic carbocycles. The summed E-state index contributed by atoms with van der Waals surface area (Å²) in [6, 6.07) is 5.85. The lowest BCUT2D eigenvalue weighted by atomic mass is 9.92. The molecule has 0 spiro atoms. The number of amides is 3. The van der Waals surface area contributed by atoms with Gasteiger partial charge in [0.25, 0.3) is 0 Å². The fraction of sp³-hybridized carbons (Fsp3) is 0.500. The lowest BCUT2D eigenvalue weighted by Gasteiger charge is -2.20. The van der Waals surface area contributed by atoms with Crippen LogP contribution in [0.1, 0.15) is 49.9 Å². The molecule has 2 rings (SSSR count). The van der Waals surface area contributed by atoms with E-state index in [9.17, 15) is 14.4 Å². The fourth-order valence-electron chi connectivity index (χ4n) is 2.74. The minimum absolute atomic E-state index is 0.159. The monoisotopic (exact) mass is 316 g/mol. The third kappa shape index (κ3) is 3.60. The molecule has 5 nitrogen and oxygen atoms in total. The summed E-state index contributed by atoms with van der Waals surface area (Å²) in [4.78, 5) is 37.3. The topological polar surface area (TPSA) is 66.5 Å². The molecule has 0 aromatic heterocycles. The van der Waals surface area contributed by atoms with E-state index < -0.39 is 5.41 Å². The van der Waals surface area contributed by atoms with Crippen LogP contribution in [-0.2, 0) is 14.4 Å². The smallest absolute Gasteiger partial charge is 0.240 e. The minimum Gasteiger partial charge on any atom is -0.348 e. The van der Waals surface area contributed by atoms with E-state index >= 15 is 0 Å². The molecule has 0 bridgehead atoms. The maximum absolute atomic E-state index is 12.2. The Kier molecular flexibility index (Phi) is 4.59. The zero-order chi connectivity index (χ0) is 17.4. The van der Waals surface area contributed by atoms with Crippen LogP contribution in [0.5, 0.6) is 0 Å². The van der Waals surface area contributed by atoms with E-state index in [-0.39, 0.29) is 36.7 Å². The van der Waals surface area contributed by atoms with Gasteiger partial charge in [0.1, 0.15) is 6.54 Å². The van der Waals surface area contributed by atoms with Crippen LogP contribution in [-0.4, -0.2) is 29.2 Å². The number of hydrogen-bond donors (Lipinski definition) is 1. The van der Waals surface area contributed by atoms with E-state index in [2.05, 4.69) is 5.32 Å². The van der Waals surface area contributed by atoms with E-state index in [1.165, 1.54) is 5.56 Å². The van der Waals surface area contributed by atoms with Crippen LogP contribution in [0.25, 0.3) is 0 Å². The summed E-state index contributed by atoms with van der Waals surface area (Å²) in [7, 11) is 0. The third-order valence-electron chi connectivity index (χ3n) is 4.43. The van der Waals surface area contributed by atoms with Crippen molar-refractivity contribution in [2.45, 2.75) is 47.1 Å². The van der Waals surface area contributed by atoms with Gasteiger partial charge in [-0.1, -0.05) is 32.0 Å². The Labute approximate surface area is 137 Å². The van der Waals surface area contributed by atoms with Gasteiger partial charge in [-0.25, -0.2) is 0 Å². The van der Waals surface area contributed by atoms with Crippen molar-refractivity contribution in [3.8, 4) is 0 Å². The van der Waals surface area contributed by atoms with E-state index in [0.717, 1.165) is 16.0 Å². The highest BCUT2D eigenvalue weighted by molar-refractivity contribution is 6.07. The molecule has 0 unspecified atom stereocenters. The van der Waals surface area contributed by atoms with Gasteiger partial charge in [0.2, 0.25) is 17.7 Å². The molecule has 1 aliphatic heterocycles. The average molecular weight is 316 g/mol. The van der Waals surface area contributed by atoms with Crippen LogP contribution >= 0.6 is 0 Å². The highest BCUT2D eigenvalue weighted by Crippen LogP contribution is 2.31. The second kappa shape index (κ2) is 6.14. The van der Waals surface area contributed by atoms with Crippen molar-refractivity contribution in [3.63, 3.8) is 0 Å². The number of rotatable bonds is 4. The number of likely N-dealkylation sites (tertiary alicyclic amines) is 1. The molecule has 0 saturated carbocycles. The summed E-state index contributed by atoms with van der Waals surface area (Å²) in [6.45, 7) is 9.19. The van der Waals surface area contributed by atoms with Crippen LogP contribution in [0.3, 0.4) is 0 Å². The second-order valence-electron chi connectivity index (χ2n) is 6.98. The maximum atomic E-state index is 12.2. The summed E-state index contributed by atoms with van der Waals surface area (Å²) in [5.41, 5.74) is 2.65. The Morgan fingerprint density at radius 2 is 1.91 bits per heavy atom. The highest BCUT2D eigenvalue weighted by atomic mass is 16.2. The first-order chi connectivity index (χ1) is 10.6. The third-order valence-corrected chi connectivity index (χ3v) is 4.43. The fourth-order valence-corrected chi connectivity index (χ4v) is 2.74. The lowest BCUT2D eigenvalue weighted by molar-refractivity contribution is -0.144. The normalized spacial score (nSPS) is 18.2. The van der Waals surface area contributed by atoms with Crippen molar-refractivity contribution in [1.82, 2.24) is 10.2 Å². The molecule has 1 N–H and O–H groups in total. The van der Waals surface area contributed by atoms with Crippen LogP contribution in [0, 0.1) is 19.3 Å². The molecule has 1 saturated heterocycles. The summed E-state index contributed by atoms with van der Waals surface area (Å²) in [5, 5.41) is 2.85. The summed E-state index contributed by atoms with van der Waals surface area (Å²) < 4.78 is 0. The average Bonchev–Trinajstić information content (AvgIpc) is 2.64. The van der Waals surface area contributed by atoms with Gasteiger partial charge in [0.15, 0.2) is 0 Å². The zero-order valence-electron chi connectivity index (χ0n) is 14.4. The Morgan fingerprint density at radius 1 is 1.26 bits per heavy atom. The minimum atomic E-state index is -0.711. The number of carbonyl (C=O) groups excluding carboxylic acids is 3. The molecular formula is C18H24N2O3. The Hall–Kier alpha value is -2.17. The molecule has 1 aromatic rings. The molecule has 0 aliphatic carbocycles. The molecular weight excluding hydrogens is 292 g/mol. The van der Waals surface area contributed by atoms with Gasteiger partial charge >= 0.3 is 0 Å². The lowest BCUT2D eigenvalue weighted by Crippen LogP contribution is -2.42.